The van der Waals surface area contributed by atoms with Gasteiger partial charge in [-0.1, -0.05) is 47.8 Å². The van der Waals surface area contributed by atoms with Crippen LogP contribution in [0.4, 0.5) is 0 Å². The van der Waals surface area contributed by atoms with Crippen LogP contribution in [0.3, 0.4) is 0 Å². The second-order valence-electron chi connectivity index (χ2n) is 8.84. The highest BCUT2D eigenvalue weighted by Crippen LogP contribution is 2.34. The zero-order valence-electron chi connectivity index (χ0n) is 23.3. The Morgan fingerprint density at radius 3 is 1.62 bits per heavy atom. The maximum atomic E-state index is 13.2. The van der Waals surface area contributed by atoms with Crippen LogP contribution < -0.4 is 0 Å². The van der Waals surface area contributed by atoms with Crippen molar-refractivity contribution in [2.45, 2.75) is 47.1 Å². The van der Waals surface area contributed by atoms with E-state index in [9.17, 15) is 24.0 Å². The van der Waals surface area contributed by atoms with Crippen molar-refractivity contribution in [3.63, 3.8) is 0 Å². The molecule has 0 aromatic carbocycles. The van der Waals surface area contributed by atoms with E-state index in [0.717, 1.165) is 5.56 Å². The maximum absolute atomic E-state index is 13.2. The van der Waals surface area contributed by atoms with Crippen molar-refractivity contribution in [3.8, 4) is 0 Å². The van der Waals surface area contributed by atoms with Crippen molar-refractivity contribution in [2.24, 2.45) is 0 Å². The zero-order valence-corrected chi connectivity index (χ0v) is 30.2. The molecule has 0 saturated carbocycles. The van der Waals surface area contributed by atoms with E-state index in [-0.39, 0.29) is 50.8 Å². The molecule has 0 saturated heterocycles. The van der Waals surface area contributed by atoms with Gasteiger partial charge in [0.2, 0.25) is 0 Å². The van der Waals surface area contributed by atoms with Crippen LogP contribution in [0.15, 0.2) is 0 Å². The lowest BCUT2D eigenvalue weighted by Crippen LogP contribution is -2.18. The largest absolute Gasteiger partial charge is 0.469 e. The minimum absolute atomic E-state index is 0.0613. The van der Waals surface area contributed by atoms with Gasteiger partial charge >= 0.3 is 29.8 Å². The number of methoxy groups -OCH3 is 4. The predicted octanol–water partition coefficient (Wildman–Crippen LogP) is 4.18. The zero-order chi connectivity index (χ0) is 31.6. The van der Waals surface area contributed by atoms with E-state index in [4.69, 9.17) is 23.7 Å². The van der Waals surface area contributed by atoms with Gasteiger partial charge in [0.05, 0.1) is 45.0 Å². The highest BCUT2D eigenvalue weighted by Gasteiger charge is 2.29. The van der Waals surface area contributed by atoms with Gasteiger partial charge in [-0.05, 0) is 57.7 Å². The molecular weight excluding hydrogens is 867 g/mol. The molecule has 42 heavy (non-hydrogen) atoms. The molecule has 16 heteroatoms. The Morgan fingerprint density at radius 1 is 0.690 bits per heavy atom. The molecular formula is C26H30Br3IN2O10. The maximum Gasteiger partial charge on any atom is 0.355 e. The van der Waals surface area contributed by atoms with Crippen LogP contribution >= 0.6 is 70.4 Å². The number of hydrogen-bond donors (Lipinski definition) is 2. The number of nitrogens with one attached hydrogen (secondary N) is 2. The van der Waals surface area contributed by atoms with Crippen LogP contribution in [-0.2, 0) is 75.0 Å². The predicted molar refractivity (Wildman–Crippen MR) is 169 cm³/mol. The van der Waals surface area contributed by atoms with E-state index in [0.29, 0.717) is 38.2 Å². The molecule has 0 aliphatic carbocycles. The average molecular weight is 897 g/mol. The number of aromatic amines is 2. The van der Waals surface area contributed by atoms with Crippen LogP contribution in [0.25, 0.3) is 0 Å². The lowest BCUT2D eigenvalue weighted by molar-refractivity contribution is -0.141. The fourth-order valence-electron chi connectivity index (χ4n) is 4.16. The van der Waals surface area contributed by atoms with Gasteiger partial charge in [-0.2, -0.15) is 0 Å². The third-order valence-corrected chi connectivity index (χ3v) is 7.80. The Hall–Kier alpha value is -1.92. The Kier molecular flexibility index (Phi) is 14.5. The fraction of sp³-hybridized carbons (Fsp3) is 0.500. The number of halogens is 4. The lowest BCUT2D eigenvalue weighted by Gasteiger charge is -2.13. The third kappa shape index (κ3) is 10.7. The van der Waals surface area contributed by atoms with E-state index in [1.165, 1.54) is 28.4 Å². The van der Waals surface area contributed by atoms with Gasteiger partial charge in [0, 0.05) is 30.7 Å². The molecule has 12 nitrogen and oxygen atoms in total. The number of ether oxygens (including phenoxy) is 5. The molecule has 2 aromatic rings. The van der Waals surface area contributed by atoms with Gasteiger partial charge in [-0.15, -0.1) is 0 Å². The minimum Gasteiger partial charge on any atom is -0.469 e. The highest BCUT2D eigenvalue weighted by molar-refractivity contribution is 14.1. The van der Waals surface area contributed by atoms with Crippen LogP contribution in [0.2, 0.25) is 0 Å². The van der Waals surface area contributed by atoms with Crippen molar-refractivity contribution in [2.75, 3.05) is 35.0 Å². The first kappa shape index (κ1) is 36.3. The van der Waals surface area contributed by atoms with E-state index in [1.807, 2.05) is 0 Å². The molecule has 0 radical (unpaired) electrons. The number of carbonyl (C=O) groups is 5. The van der Waals surface area contributed by atoms with Crippen LogP contribution in [0, 0.1) is 3.70 Å². The molecule has 0 atom stereocenters. The topological polar surface area (TPSA) is 163 Å². The number of alkyl halides is 3. The monoisotopic (exact) mass is 894 g/mol. The summed E-state index contributed by atoms with van der Waals surface area (Å²) >= 11 is 11.9. The molecule has 2 aromatic heterocycles. The van der Waals surface area contributed by atoms with Crippen molar-refractivity contribution in [1.82, 2.24) is 9.97 Å². The smallest absolute Gasteiger partial charge is 0.355 e. The average Bonchev–Trinajstić information content (AvgIpc) is 3.43. The minimum atomic E-state index is -0.858. The summed E-state index contributed by atoms with van der Waals surface area (Å²) in [7, 11) is 5.08. The van der Waals surface area contributed by atoms with E-state index >= 15 is 0 Å². The molecule has 0 aliphatic rings. The van der Waals surface area contributed by atoms with Gasteiger partial charge < -0.3 is 33.7 Å². The number of rotatable bonds is 14. The normalized spacial score (nSPS) is 11.1. The van der Waals surface area contributed by atoms with Gasteiger partial charge in [-0.25, -0.2) is 4.79 Å². The van der Waals surface area contributed by atoms with E-state index in [2.05, 4.69) is 80.3 Å². The lowest BCUT2D eigenvalue weighted by atomic mass is 9.97. The standard InChI is InChI=1S/C26H30Br3IN2O10/c1-38-19(33)7-5-13-15(9-21(35)40-3)17(31-23(13)25(37)42-12-26(27,28)29)11-18-16(10-22(36)41-4)14(24(30)32-18)6-8-20(34)39-2/h31-32H,5-12H2,1-4H3. The van der Waals surface area contributed by atoms with Crippen molar-refractivity contribution in [1.29, 1.82) is 0 Å². The second kappa shape index (κ2) is 16.8. The fourth-order valence-corrected chi connectivity index (χ4v) is 5.42. The number of hydrogen-bond acceptors (Lipinski definition) is 10. The first-order chi connectivity index (χ1) is 19.7. The SMILES string of the molecule is COC(=O)CCc1c(I)[nH]c(Cc2[nH]c(C(=O)OCC(Br)(Br)Br)c(CCC(=O)OC)c2CC(=O)OC)c1CC(=O)OC. The molecule has 0 unspecified atom stereocenters. The quantitative estimate of drug-likeness (QED) is 0.122. The van der Waals surface area contributed by atoms with Crippen molar-refractivity contribution in [3.05, 3.63) is 43.0 Å². The molecule has 0 fully saturated rings. The molecule has 0 bridgehead atoms. The summed E-state index contributed by atoms with van der Waals surface area (Å²) in [6.07, 6.45) is 0.260. The summed E-state index contributed by atoms with van der Waals surface area (Å²) in [6.45, 7) is -0.107. The molecule has 232 valence electrons. The number of H-pyrrole nitrogens is 2. The molecule has 2 N–H and O–H groups in total. The molecule has 0 aliphatic heterocycles. The summed E-state index contributed by atoms with van der Waals surface area (Å²) in [5, 5.41) is 0. The first-order valence-corrected chi connectivity index (χ1v) is 15.8. The van der Waals surface area contributed by atoms with Crippen LogP contribution in [-0.4, -0.2) is 77.0 Å². The van der Waals surface area contributed by atoms with Gasteiger partial charge in [0.1, 0.15) is 12.3 Å². The summed E-state index contributed by atoms with van der Waals surface area (Å²) in [5.41, 5.74) is 3.36. The Bertz CT molecular complexity index is 1320. The van der Waals surface area contributed by atoms with E-state index in [1.54, 1.807) is 0 Å². The van der Waals surface area contributed by atoms with E-state index < -0.39 is 32.0 Å². The summed E-state index contributed by atoms with van der Waals surface area (Å²) in [4.78, 5) is 68.3. The molecule has 2 rings (SSSR count). The summed E-state index contributed by atoms with van der Waals surface area (Å²) in [6, 6.07) is 0. The second-order valence-corrected chi connectivity index (χ2v) is 17.2. The Labute approximate surface area is 281 Å². The summed E-state index contributed by atoms with van der Waals surface area (Å²) in [5.74, 6) is -2.68. The highest BCUT2D eigenvalue weighted by atomic mass is 127. The van der Waals surface area contributed by atoms with Gasteiger partial charge in [0.25, 0.3) is 0 Å². The molecule has 2 heterocycles. The molecule has 0 amide bonds. The van der Waals surface area contributed by atoms with Crippen molar-refractivity contribution >= 4 is 100 Å². The van der Waals surface area contributed by atoms with Gasteiger partial charge in [0.15, 0.2) is 2.14 Å². The van der Waals surface area contributed by atoms with Crippen molar-refractivity contribution < 1.29 is 47.7 Å². The van der Waals surface area contributed by atoms with Crippen LogP contribution in [0.5, 0.6) is 0 Å². The number of carbonyl (C=O) groups excluding carboxylic acids is 5. The van der Waals surface area contributed by atoms with Crippen LogP contribution in [0.1, 0.15) is 57.0 Å². The third-order valence-electron chi connectivity index (χ3n) is 6.20. The number of esters is 5. The summed E-state index contributed by atoms with van der Waals surface area (Å²) < 4.78 is 24.6. The number of aromatic nitrogens is 2. The molecule has 0 spiro atoms. The van der Waals surface area contributed by atoms with Gasteiger partial charge in [-0.3, -0.25) is 19.2 Å². The first-order valence-electron chi connectivity index (χ1n) is 12.4. The Balaban J connectivity index is 2.67. The Morgan fingerprint density at radius 2 is 1.14 bits per heavy atom.